The molecule has 0 heterocycles. The fourth-order valence-corrected chi connectivity index (χ4v) is 1.52. The van der Waals surface area contributed by atoms with E-state index in [1.165, 1.54) is 7.11 Å². The molecule has 0 radical (unpaired) electrons. The summed E-state index contributed by atoms with van der Waals surface area (Å²) in [6.07, 6.45) is 0. The number of ether oxygens (including phenoxy) is 2. The second-order valence-corrected chi connectivity index (χ2v) is 3.92. The number of rotatable bonds is 6. The first-order valence-electron chi connectivity index (χ1n) is 6.09. The summed E-state index contributed by atoms with van der Waals surface area (Å²) in [7, 11) is 3.07. The van der Waals surface area contributed by atoms with Crippen LogP contribution >= 0.6 is 0 Å². The van der Waals surface area contributed by atoms with Crippen molar-refractivity contribution in [2.24, 2.45) is 5.73 Å². The number of hydrogen-bond donors (Lipinski definition) is 3. The Bertz CT molecular complexity index is 477. The van der Waals surface area contributed by atoms with Gasteiger partial charge in [-0.15, -0.1) is 0 Å². The minimum absolute atomic E-state index is 0.217. The van der Waals surface area contributed by atoms with Crippen molar-refractivity contribution in [1.29, 1.82) is 0 Å². The molecule has 4 N–H and O–H groups in total. The van der Waals surface area contributed by atoms with Crippen LogP contribution < -0.4 is 25.8 Å². The van der Waals surface area contributed by atoms with E-state index in [-0.39, 0.29) is 19.6 Å². The van der Waals surface area contributed by atoms with Gasteiger partial charge in [0.1, 0.15) is 0 Å². The zero-order valence-electron chi connectivity index (χ0n) is 11.6. The maximum Gasteiger partial charge on any atom is 0.309 e. The average Bonchev–Trinajstić information content (AvgIpc) is 2.49. The van der Waals surface area contributed by atoms with Crippen molar-refractivity contribution in [3.63, 3.8) is 0 Å². The van der Waals surface area contributed by atoms with Crippen LogP contribution in [-0.4, -0.2) is 39.1 Å². The van der Waals surface area contributed by atoms with Crippen molar-refractivity contribution < 1.29 is 19.1 Å². The molecular weight excluding hydrogens is 262 g/mol. The third-order valence-corrected chi connectivity index (χ3v) is 2.54. The Labute approximate surface area is 117 Å². The van der Waals surface area contributed by atoms with Crippen LogP contribution in [0.5, 0.6) is 11.5 Å². The van der Waals surface area contributed by atoms with E-state index >= 15 is 0 Å². The lowest BCUT2D eigenvalue weighted by atomic mass is 10.2. The van der Waals surface area contributed by atoms with Crippen LogP contribution in [0.25, 0.3) is 0 Å². The standard InChI is InChI=1S/C13H19N3O4/c1-19-10-4-3-9(7-11(10)20-2)8-16-13(18)12(17)15-6-5-14/h3-4,7H,5-6,8,14H2,1-2H3,(H,15,17)(H,16,18). The highest BCUT2D eigenvalue weighted by molar-refractivity contribution is 6.35. The van der Waals surface area contributed by atoms with Crippen molar-refractivity contribution in [2.45, 2.75) is 6.54 Å². The van der Waals surface area contributed by atoms with E-state index in [2.05, 4.69) is 10.6 Å². The van der Waals surface area contributed by atoms with Gasteiger partial charge in [-0.2, -0.15) is 0 Å². The Morgan fingerprint density at radius 1 is 1.10 bits per heavy atom. The average molecular weight is 281 g/mol. The Hall–Kier alpha value is -2.28. The quantitative estimate of drug-likeness (QED) is 0.604. The molecule has 0 aromatic heterocycles. The van der Waals surface area contributed by atoms with Crippen molar-refractivity contribution in [3.05, 3.63) is 23.8 Å². The highest BCUT2D eigenvalue weighted by Crippen LogP contribution is 2.27. The lowest BCUT2D eigenvalue weighted by Gasteiger charge is -2.10. The third-order valence-electron chi connectivity index (χ3n) is 2.54. The number of carbonyl (C=O) groups is 2. The number of hydrogen-bond acceptors (Lipinski definition) is 5. The van der Waals surface area contributed by atoms with Crippen LogP contribution in [0.1, 0.15) is 5.56 Å². The van der Waals surface area contributed by atoms with Crippen LogP contribution in [0, 0.1) is 0 Å². The largest absolute Gasteiger partial charge is 0.493 e. The Morgan fingerprint density at radius 3 is 2.35 bits per heavy atom. The number of amides is 2. The molecule has 0 spiro atoms. The smallest absolute Gasteiger partial charge is 0.309 e. The zero-order chi connectivity index (χ0) is 15.0. The molecule has 0 bridgehead atoms. The maximum absolute atomic E-state index is 11.5. The van der Waals surface area contributed by atoms with Crippen molar-refractivity contribution >= 4 is 11.8 Å². The molecule has 1 aromatic carbocycles. The lowest BCUT2D eigenvalue weighted by molar-refractivity contribution is -0.139. The number of nitrogens with two attached hydrogens (primary N) is 1. The molecule has 0 aliphatic carbocycles. The fraction of sp³-hybridized carbons (Fsp3) is 0.385. The molecule has 0 aliphatic rings. The predicted octanol–water partition coefficient (Wildman–Crippen LogP) is -0.605. The predicted molar refractivity (Wildman–Crippen MR) is 73.5 cm³/mol. The van der Waals surface area contributed by atoms with Crippen molar-refractivity contribution in [3.8, 4) is 11.5 Å². The normalized spacial score (nSPS) is 9.75. The van der Waals surface area contributed by atoms with Gasteiger partial charge in [0.05, 0.1) is 14.2 Å². The number of carbonyl (C=O) groups excluding carboxylic acids is 2. The van der Waals surface area contributed by atoms with Gasteiger partial charge in [0.15, 0.2) is 11.5 Å². The number of methoxy groups -OCH3 is 2. The van der Waals surface area contributed by atoms with Gasteiger partial charge in [0.2, 0.25) is 0 Å². The first-order valence-corrected chi connectivity index (χ1v) is 6.09. The number of nitrogens with one attached hydrogen (secondary N) is 2. The molecule has 0 fully saturated rings. The zero-order valence-corrected chi connectivity index (χ0v) is 11.6. The highest BCUT2D eigenvalue weighted by Gasteiger charge is 2.12. The van der Waals surface area contributed by atoms with Gasteiger partial charge in [-0.1, -0.05) is 6.07 Å². The topological polar surface area (TPSA) is 103 Å². The second-order valence-electron chi connectivity index (χ2n) is 3.92. The molecular formula is C13H19N3O4. The Morgan fingerprint density at radius 2 is 1.75 bits per heavy atom. The van der Waals surface area contributed by atoms with Gasteiger partial charge >= 0.3 is 11.8 Å². The molecule has 110 valence electrons. The van der Waals surface area contributed by atoms with E-state index in [9.17, 15) is 9.59 Å². The molecule has 7 nitrogen and oxygen atoms in total. The van der Waals surface area contributed by atoms with Crippen molar-refractivity contribution in [2.75, 3.05) is 27.3 Å². The van der Waals surface area contributed by atoms with Crippen LogP contribution in [-0.2, 0) is 16.1 Å². The van der Waals surface area contributed by atoms with E-state index in [1.54, 1.807) is 25.3 Å². The summed E-state index contributed by atoms with van der Waals surface area (Å²) >= 11 is 0. The van der Waals surface area contributed by atoms with Gasteiger partial charge in [-0.05, 0) is 17.7 Å². The monoisotopic (exact) mass is 281 g/mol. The van der Waals surface area contributed by atoms with E-state index in [4.69, 9.17) is 15.2 Å². The summed E-state index contributed by atoms with van der Waals surface area (Å²) in [5.74, 6) is -0.237. The van der Waals surface area contributed by atoms with Gasteiger partial charge in [0, 0.05) is 19.6 Å². The first kappa shape index (κ1) is 15.8. The molecule has 1 rings (SSSR count). The van der Waals surface area contributed by atoms with Gasteiger partial charge < -0.3 is 25.8 Å². The molecule has 0 aliphatic heterocycles. The van der Waals surface area contributed by atoms with Crippen LogP contribution in [0.3, 0.4) is 0 Å². The van der Waals surface area contributed by atoms with Gasteiger partial charge in [-0.3, -0.25) is 9.59 Å². The summed E-state index contributed by atoms with van der Waals surface area (Å²) in [6, 6.07) is 5.24. The fourth-order valence-electron chi connectivity index (χ4n) is 1.52. The van der Waals surface area contributed by atoms with E-state index in [0.717, 1.165) is 5.56 Å². The number of benzene rings is 1. The summed E-state index contributed by atoms with van der Waals surface area (Å²) in [5, 5.41) is 4.90. The molecule has 0 unspecified atom stereocenters. The first-order chi connectivity index (χ1) is 9.62. The maximum atomic E-state index is 11.5. The SMILES string of the molecule is COc1ccc(CNC(=O)C(=O)NCCN)cc1OC. The molecule has 2 amide bonds. The van der Waals surface area contributed by atoms with Crippen molar-refractivity contribution in [1.82, 2.24) is 10.6 Å². The van der Waals surface area contributed by atoms with Crippen LogP contribution in [0.15, 0.2) is 18.2 Å². The van der Waals surface area contributed by atoms with E-state index in [0.29, 0.717) is 11.5 Å². The molecule has 0 atom stereocenters. The third kappa shape index (κ3) is 4.43. The van der Waals surface area contributed by atoms with E-state index in [1.807, 2.05) is 0 Å². The second kappa shape index (κ2) is 8.00. The molecule has 20 heavy (non-hydrogen) atoms. The van der Waals surface area contributed by atoms with E-state index < -0.39 is 11.8 Å². The summed E-state index contributed by atoms with van der Waals surface area (Å²) in [5.41, 5.74) is 6.02. The summed E-state index contributed by atoms with van der Waals surface area (Å²) in [6.45, 7) is 0.770. The highest BCUT2D eigenvalue weighted by atomic mass is 16.5. The minimum atomic E-state index is -0.701. The minimum Gasteiger partial charge on any atom is -0.493 e. The molecule has 1 aromatic rings. The summed E-state index contributed by atoms with van der Waals surface area (Å²) in [4.78, 5) is 22.8. The van der Waals surface area contributed by atoms with Gasteiger partial charge in [0.25, 0.3) is 0 Å². The molecule has 0 saturated carbocycles. The molecule has 7 heteroatoms. The Kier molecular flexibility index (Phi) is 6.31. The Balaban J connectivity index is 2.57. The van der Waals surface area contributed by atoms with Crippen LogP contribution in [0.2, 0.25) is 0 Å². The lowest BCUT2D eigenvalue weighted by Crippen LogP contribution is -2.41. The van der Waals surface area contributed by atoms with Gasteiger partial charge in [-0.25, -0.2) is 0 Å². The molecule has 0 saturated heterocycles. The van der Waals surface area contributed by atoms with Crippen LogP contribution in [0.4, 0.5) is 0 Å². The summed E-state index contributed by atoms with van der Waals surface area (Å²) < 4.78 is 10.3.